The molecule has 152 valence electrons. The van der Waals surface area contributed by atoms with Crippen LogP contribution in [-0.2, 0) is 9.53 Å². The molecule has 2 N–H and O–H groups in total. The summed E-state index contributed by atoms with van der Waals surface area (Å²) < 4.78 is 5.79. The summed E-state index contributed by atoms with van der Waals surface area (Å²) in [7, 11) is 0. The van der Waals surface area contributed by atoms with Crippen LogP contribution in [0.2, 0.25) is 10.0 Å². The van der Waals surface area contributed by atoms with E-state index < -0.39 is 0 Å². The summed E-state index contributed by atoms with van der Waals surface area (Å²) >= 11 is 12.3. The zero-order valence-corrected chi connectivity index (χ0v) is 17.8. The first-order valence-corrected chi connectivity index (χ1v) is 10.6. The number of nitrogens with one attached hydrogen (secondary N) is 2. The fraction of sp³-hybridized carbons (Fsp3) is 0.348. The van der Waals surface area contributed by atoms with Gasteiger partial charge in [-0.1, -0.05) is 35.3 Å². The number of amides is 1. The minimum atomic E-state index is -0.264. The average Bonchev–Trinajstić information content (AvgIpc) is 3.32. The molecule has 0 bridgehead atoms. The monoisotopic (exact) mass is 430 g/mol. The van der Waals surface area contributed by atoms with E-state index in [1.807, 2.05) is 48.7 Å². The van der Waals surface area contributed by atoms with Gasteiger partial charge in [-0.2, -0.15) is 0 Å². The van der Waals surface area contributed by atoms with Crippen LogP contribution in [0.3, 0.4) is 0 Å². The minimum absolute atomic E-state index is 0.00180. The van der Waals surface area contributed by atoms with Crippen molar-refractivity contribution in [3.63, 3.8) is 0 Å². The molecule has 1 fully saturated rings. The van der Waals surface area contributed by atoms with Crippen molar-refractivity contribution in [3.8, 4) is 0 Å². The minimum Gasteiger partial charge on any atom is -0.373 e. The Hall–Kier alpha value is -2.01. The topological polar surface area (TPSA) is 54.1 Å². The highest BCUT2D eigenvalue weighted by Crippen LogP contribution is 2.35. The summed E-state index contributed by atoms with van der Waals surface area (Å²) in [6.07, 6.45) is 4.30. The lowest BCUT2D eigenvalue weighted by Crippen LogP contribution is -2.40. The number of rotatable bonds is 6. The molecule has 4 nitrogen and oxygen atoms in total. The van der Waals surface area contributed by atoms with Gasteiger partial charge in [-0.05, 0) is 61.2 Å². The van der Waals surface area contributed by atoms with Crippen LogP contribution in [0.25, 0.3) is 10.9 Å². The summed E-state index contributed by atoms with van der Waals surface area (Å²) in [5.74, 6) is -0.116. The van der Waals surface area contributed by atoms with Crippen LogP contribution >= 0.6 is 23.2 Å². The molecule has 29 heavy (non-hydrogen) atoms. The Labute approximate surface area is 180 Å². The van der Waals surface area contributed by atoms with Crippen LogP contribution < -0.4 is 5.32 Å². The number of hydrogen-bond acceptors (Lipinski definition) is 2. The van der Waals surface area contributed by atoms with E-state index in [1.165, 1.54) is 0 Å². The Balaban J connectivity index is 1.61. The van der Waals surface area contributed by atoms with E-state index in [0.717, 1.165) is 41.5 Å². The summed E-state index contributed by atoms with van der Waals surface area (Å²) in [4.78, 5) is 16.2. The molecule has 0 aliphatic carbocycles. The van der Waals surface area contributed by atoms with Crippen molar-refractivity contribution < 1.29 is 9.53 Å². The van der Waals surface area contributed by atoms with Crippen LogP contribution in [0.15, 0.2) is 48.7 Å². The molecule has 2 atom stereocenters. The highest BCUT2D eigenvalue weighted by Gasteiger charge is 2.30. The molecule has 0 saturated carbocycles. The number of aromatic amines is 1. The van der Waals surface area contributed by atoms with Crippen LogP contribution in [0, 0.1) is 0 Å². The zero-order valence-electron chi connectivity index (χ0n) is 16.3. The lowest BCUT2D eigenvalue weighted by Gasteiger charge is -2.24. The number of aromatic nitrogens is 1. The molecule has 4 rings (SSSR count). The van der Waals surface area contributed by atoms with Gasteiger partial charge >= 0.3 is 0 Å². The molecule has 1 saturated heterocycles. The summed E-state index contributed by atoms with van der Waals surface area (Å²) in [5, 5.41) is 5.44. The Morgan fingerprint density at radius 1 is 1.21 bits per heavy atom. The van der Waals surface area contributed by atoms with Crippen LogP contribution in [0.1, 0.15) is 43.2 Å². The molecule has 0 radical (unpaired) electrons. The number of fused-ring (bicyclic) bond motifs is 1. The van der Waals surface area contributed by atoms with E-state index in [9.17, 15) is 4.79 Å². The number of ether oxygens (including phenoxy) is 1. The largest absolute Gasteiger partial charge is 0.373 e. The third-order valence-electron chi connectivity index (χ3n) is 5.67. The maximum atomic E-state index is 12.9. The maximum Gasteiger partial charge on any atom is 0.221 e. The summed E-state index contributed by atoms with van der Waals surface area (Å²) in [6.45, 7) is 3.34. The van der Waals surface area contributed by atoms with E-state index in [2.05, 4.69) is 17.2 Å². The number of carbonyl (C=O) groups is 1. The molecule has 1 aliphatic rings. The highest BCUT2D eigenvalue weighted by molar-refractivity contribution is 6.31. The molecule has 1 aliphatic heterocycles. The standard InChI is InChI=1S/C23H24Cl2N2O2/c1-23(9-2-10-29-23)14-27-22(28)12-18(15-3-5-16(24)6-4-15)20-13-26-21-8-7-17(25)11-19(20)21/h3-8,11,13,18,26H,2,9-10,12,14H2,1H3,(H,27,28)/t18-,23+/m0/s1. The number of halogens is 2. The summed E-state index contributed by atoms with van der Waals surface area (Å²) in [5.41, 5.74) is 2.81. The van der Waals surface area contributed by atoms with Crippen molar-refractivity contribution in [1.82, 2.24) is 10.3 Å². The smallest absolute Gasteiger partial charge is 0.221 e. The molecule has 3 aromatic rings. The molecular formula is C23H24Cl2N2O2. The van der Waals surface area contributed by atoms with Gasteiger partial charge in [-0.15, -0.1) is 0 Å². The van der Waals surface area contributed by atoms with Crippen molar-refractivity contribution in [2.24, 2.45) is 0 Å². The van der Waals surface area contributed by atoms with Gasteiger partial charge in [0.2, 0.25) is 5.91 Å². The first kappa shape index (κ1) is 20.3. The Bertz CT molecular complexity index is 1010. The Kier molecular flexibility index (Phi) is 5.86. The Morgan fingerprint density at radius 3 is 2.69 bits per heavy atom. The molecule has 0 unspecified atom stereocenters. The van der Waals surface area contributed by atoms with E-state index in [1.54, 1.807) is 0 Å². The number of benzene rings is 2. The number of H-pyrrole nitrogens is 1. The predicted octanol–water partition coefficient (Wildman–Crippen LogP) is 5.68. The van der Waals surface area contributed by atoms with Gasteiger partial charge in [0.25, 0.3) is 0 Å². The second kappa shape index (κ2) is 8.39. The van der Waals surface area contributed by atoms with E-state index in [4.69, 9.17) is 27.9 Å². The van der Waals surface area contributed by atoms with Crippen molar-refractivity contribution in [1.29, 1.82) is 0 Å². The molecule has 2 heterocycles. The van der Waals surface area contributed by atoms with Gasteiger partial charge in [0.15, 0.2) is 0 Å². The van der Waals surface area contributed by atoms with Gasteiger partial charge in [-0.25, -0.2) is 0 Å². The molecule has 1 amide bonds. The van der Waals surface area contributed by atoms with Crippen LogP contribution in [-0.4, -0.2) is 29.6 Å². The third-order valence-corrected chi connectivity index (χ3v) is 6.16. The van der Waals surface area contributed by atoms with Crippen LogP contribution in [0.5, 0.6) is 0 Å². The third kappa shape index (κ3) is 4.61. The van der Waals surface area contributed by atoms with Gasteiger partial charge < -0.3 is 15.0 Å². The molecule has 6 heteroatoms. The average molecular weight is 431 g/mol. The molecular weight excluding hydrogens is 407 g/mol. The van der Waals surface area contributed by atoms with E-state index in [0.29, 0.717) is 23.0 Å². The van der Waals surface area contributed by atoms with Crippen molar-refractivity contribution in [2.75, 3.05) is 13.2 Å². The maximum absolute atomic E-state index is 12.9. The zero-order chi connectivity index (χ0) is 20.4. The predicted molar refractivity (Wildman–Crippen MR) is 118 cm³/mol. The quantitative estimate of drug-likeness (QED) is 0.528. The van der Waals surface area contributed by atoms with E-state index >= 15 is 0 Å². The first-order valence-electron chi connectivity index (χ1n) is 9.86. The van der Waals surface area contributed by atoms with Gasteiger partial charge in [0.05, 0.1) is 5.60 Å². The number of carbonyl (C=O) groups excluding carboxylic acids is 1. The lowest BCUT2D eigenvalue weighted by atomic mass is 9.88. The van der Waals surface area contributed by atoms with Gasteiger partial charge in [0, 0.05) is 52.6 Å². The SMILES string of the molecule is C[C@]1(CNC(=O)C[C@@H](c2ccc(Cl)cc2)c2c[nH]c3ccc(Cl)cc23)CCCO1. The second-order valence-corrected chi connectivity index (χ2v) is 8.79. The number of hydrogen-bond donors (Lipinski definition) is 2. The normalized spacial score (nSPS) is 20.1. The van der Waals surface area contributed by atoms with Crippen LogP contribution in [0.4, 0.5) is 0 Å². The van der Waals surface area contributed by atoms with Crippen molar-refractivity contribution in [2.45, 2.75) is 37.7 Å². The molecule has 2 aromatic carbocycles. The fourth-order valence-electron chi connectivity index (χ4n) is 4.02. The molecule has 0 spiro atoms. The summed E-state index contributed by atoms with van der Waals surface area (Å²) in [6, 6.07) is 13.4. The van der Waals surface area contributed by atoms with Crippen molar-refractivity contribution >= 4 is 40.0 Å². The van der Waals surface area contributed by atoms with Crippen molar-refractivity contribution in [3.05, 3.63) is 69.8 Å². The second-order valence-electron chi connectivity index (χ2n) is 7.92. The Morgan fingerprint density at radius 2 is 1.97 bits per heavy atom. The van der Waals surface area contributed by atoms with Gasteiger partial charge in [-0.3, -0.25) is 4.79 Å². The lowest BCUT2D eigenvalue weighted by molar-refractivity contribution is -0.122. The molecule has 1 aromatic heterocycles. The van der Waals surface area contributed by atoms with Gasteiger partial charge in [0.1, 0.15) is 0 Å². The highest BCUT2D eigenvalue weighted by atomic mass is 35.5. The van der Waals surface area contributed by atoms with E-state index in [-0.39, 0.29) is 17.4 Å². The first-order chi connectivity index (χ1) is 13.9. The fourth-order valence-corrected chi connectivity index (χ4v) is 4.32.